The van der Waals surface area contributed by atoms with E-state index in [1.165, 1.54) is 0 Å². The number of aliphatic hydroxyl groups excluding tert-OH is 1. The molecule has 0 aliphatic carbocycles. The summed E-state index contributed by atoms with van der Waals surface area (Å²) in [5.74, 6) is 0. The van der Waals surface area contributed by atoms with Crippen molar-refractivity contribution in [2.45, 2.75) is 17.7 Å². The van der Waals surface area contributed by atoms with Crippen molar-refractivity contribution in [1.29, 1.82) is 0 Å². The first-order chi connectivity index (χ1) is 6.84. The molecule has 1 N–H and O–H groups in total. The molecule has 0 unspecified atom stereocenters. The fraction of sp³-hybridized carbons (Fsp3) is 0.400. The maximum Gasteiger partial charge on any atom is 0.167 e. The molecule has 1 aromatic carbocycles. The number of rotatable bonds is 3. The van der Waals surface area contributed by atoms with E-state index in [2.05, 4.69) is 0 Å². The third kappa shape index (κ3) is 2.93. The molecule has 0 spiro atoms. The molecule has 0 aromatic heterocycles. The van der Waals surface area contributed by atoms with Gasteiger partial charge < -0.3 is 5.11 Å². The number of benzene rings is 1. The van der Waals surface area contributed by atoms with Crippen molar-refractivity contribution in [3.8, 4) is 0 Å². The summed E-state index contributed by atoms with van der Waals surface area (Å²) >= 11 is 5.68. The van der Waals surface area contributed by atoms with Gasteiger partial charge in [-0.1, -0.05) is 24.3 Å². The van der Waals surface area contributed by atoms with Gasteiger partial charge in [-0.3, -0.25) is 0 Å². The van der Waals surface area contributed by atoms with Gasteiger partial charge in [0.2, 0.25) is 0 Å². The maximum atomic E-state index is 11.2. The fourth-order valence-corrected chi connectivity index (χ4v) is 2.04. The highest BCUT2D eigenvalue weighted by Gasteiger charge is 2.28. The highest BCUT2D eigenvalue weighted by molar-refractivity contribution is 7.92. The summed E-state index contributed by atoms with van der Waals surface area (Å²) in [5.41, 5.74) is 1.36. The summed E-state index contributed by atoms with van der Waals surface area (Å²) in [6.07, 6.45) is -0.186. The van der Waals surface area contributed by atoms with Gasteiger partial charge in [0.25, 0.3) is 0 Å². The van der Waals surface area contributed by atoms with Crippen LogP contribution in [0.4, 0.5) is 0 Å². The lowest BCUT2D eigenvalue weighted by molar-refractivity contribution is 0.191. The van der Waals surface area contributed by atoms with Crippen LogP contribution in [0.25, 0.3) is 0 Å². The minimum absolute atomic E-state index is 0.544. The molecule has 0 aliphatic rings. The topological polar surface area (TPSA) is 54.4 Å². The van der Waals surface area contributed by atoms with Crippen LogP contribution >= 0.6 is 11.6 Å². The second kappa shape index (κ2) is 4.51. The number of hydrogen-bond donors (Lipinski definition) is 1. The molecule has 1 rings (SSSR count). The Hall–Kier alpha value is -0.580. The zero-order chi connectivity index (χ0) is 11.6. The van der Waals surface area contributed by atoms with E-state index in [0.717, 1.165) is 11.8 Å². The van der Waals surface area contributed by atoms with Gasteiger partial charge in [-0.25, -0.2) is 8.42 Å². The van der Waals surface area contributed by atoms with E-state index in [9.17, 15) is 13.5 Å². The summed E-state index contributed by atoms with van der Waals surface area (Å²) < 4.78 is 21.0. The monoisotopic (exact) mass is 248 g/mol. The lowest BCUT2D eigenvalue weighted by atomic mass is 10.1. The van der Waals surface area contributed by atoms with Crippen molar-refractivity contribution in [2.75, 3.05) is 6.26 Å². The summed E-state index contributed by atoms with van der Waals surface area (Å²) in [6.45, 7) is 1.80. The highest BCUT2D eigenvalue weighted by atomic mass is 35.5. The predicted octanol–water partition coefficient (Wildman–Crippen LogP) is 1.64. The maximum absolute atomic E-state index is 11.2. The molecule has 15 heavy (non-hydrogen) atoms. The number of alkyl halides is 1. The Labute approximate surface area is 94.6 Å². The average Bonchev–Trinajstić information content (AvgIpc) is 2.15. The number of halogens is 1. The van der Waals surface area contributed by atoms with Gasteiger partial charge in [0.15, 0.2) is 14.5 Å². The fourth-order valence-electron chi connectivity index (χ4n) is 1.29. The number of hydrogen-bond acceptors (Lipinski definition) is 3. The van der Waals surface area contributed by atoms with E-state index >= 15 is 0 Å². The molecule has 0 saturated carbocycles. The molecule has 0 amide bonds. The van der Waals surface area contributed by atoms with E-state index in [4.69, 9.17) is 11.6 Å². The third-order valence-corrected chi connectivity index (χ3v) is 4.45. The molecule has 84 valence electrons. The van der Waals surface area contributed by atoms with Crippen molar-refractivity contribution in [3.05, 3.63) is 35.4 Å². The summed E-state index contributed by atoms with van der Waals surface area (Å²) in [6, 6.07) is 7.01. The molecule has 0 aliphatic heterocycles. The smallest absolute Gasteiger partial charge is 0.167 e. The van der Waals surface area contributed by atoms with Crippen LogP contribution in [0.1, 0.15) is 17.2 Å². The van der Waals surface area contributed by atoms with Crippen LogP contribution in [-0.2, 0) is 9.84 Å². The molecule has 5 heteroatoms. The van der Waals surface area contributed by atoms with Crippen LogP contribution in [0, 0.1) is 6.92 Å². The summed E-state index contributed by atoms with van der Waals surface area (Å²) in [4.78, 5) is 0. The van der Waals surface area contributed by atoms with Crippen molar-refractivity contribution in [3.63, 3.8) is 0 Å². The zero-order valence-electron chi connectivity index (χ0n) is 8.51. The molecule has 0 fully saturated rings. The van der Waals surface area contributed by atoms with Crippen LogP contribution in [0.2, 0.25) is 0 Å². The Morgan fingerprint density at radius 1 is 1.33 bits per heavy atom. The van der Waals surface area contributed by atoms with Crippen molar-refractivity contribution in [1.82, 2.24) is 0 Å². The molecule has 1 aromatic rings. The quantitative estimate of drug-likeness (QED) is 0.828. The molecule has 0 saturated heterocycles. The van der Waals surface area contributed by atoms with Crippen LogP contribution in [-0.4, -0.2) is 24.5 Å². The second-order valence-electron chi connectivity index (χ2n) is 3.48. The lowest BCUT2D eigenvalue weighted by Gasteiger charge is -2.17. The van der Waals surface area contributed by atoms with Crippen LogP contribution in [0.15, 0.2) is 24.3 Å². The Kier molecular flexibility index (Phi) is 3.76. The van der Waals surface area contributed by atoms with Gasteiger partial charge >= 0.3 is 0 Å². The van der Waals surface area contributed by atoms with E-state index in [-0.39, 0.29) is 0 Å². The van der Waals surface area contributed by atoms with E-state index in [0.29, 0.717) is 5.56 Å². The van der Waals surface area contributed by atoms with E-state index in [1.54, 1.807) is 25.1 Å². The van der Waals surface area contributed by atoms with Gasteiger partial charge in [-0.2, -0.15) is 0 Å². The normalized spacial score (nSPS) is 16.0. The standard InChI is InChI=1S/C10H13ClO3S/c1-7-5-3-4-6-8(7)9(12)10(11)15(2,13)14/h3-6,9-10,12H,1-2H3/t9-,10+/m1/s1. The molecule has 0 bridgehead atoms. The first kappa shape index (κ1) is 12.5. The zero-order valence-corrected chi connectivity index (χ0v) is 10.1. The molecular formula is C10H13ClO3S. The average molecular weight is 249 g/mol. The van der Waals surface area contributed by atoms with Gasteiger partial charge in [0.1, 0.15) is 6.10 Å². The van der Waals surface area contributed by atoms with Crippen LogP contribution in [0.3, 0.4) is 0 Å². The Morgan fingerprint density at radius 3 is 2.33 bits per heavy atom. The molecule has 3 nitrogen and oxygen atoms in total. The number of sulfone groups is 1. The van der Waals surface area contributed by atoms with Gasteiger partial charge in [-0.05, 0) is 18.1 Å². The molecule has 0 radical (unpaired) electrons. The highest BCUT2D eigenvalue weighted by Crippen LogP contribution is 2.26. The van der Waals surface area contributed by atoms with Gasteiger partial charge in [-0.15, -0.1) is 11.6 Å². The third-order valence-electron chi connectivity index (χ3n) is 2.16. The van der Waals surface area contributed by atoms with Crippen molar-refractivity contribution < 1.29 is 13.5 Å². The van der Waals surface area contributed by atoms with Crippen molar-refractivity contribution in [2.24, 2.45) is 0 Å². The Bertz CT molecular complexity index is 442. The number of aliphatic hydroxyl groups is 1. The molecular weight excluding hydrogens is 236 g/mol. The van der Waals surface area contributed by atoms with Gasteiger partial charge in [0.05, 0.1) is 0 Å². The lowest BCUT2D eigenvalue weighted by Crippen LogP contribution is -2.22. The summed E-state index contributed by atoms with van der Waals surface area (Å²) in [7, 11) is -3.45. The van der Waals surface area contributed by atoms with Gasteiger partial charge in [0, 0.05) is 6.26 Å². The second-order valence-corrected chi connectivity index (χ2v) is 6.38. The van der Waals surface area contributed by atoms with E-state index < -0.39 is 20.7 Å². The van der Waals surface area contributed by atoms with Crippen LogP contribution < -0.4 is 0 Å². The predicted molar refractivity (Wildman–Crippen MR) is 60.6 cm³/mol. The summed E-state index contributed by atoms with van der Waals surface area (Å²) in [5, 5.41) is 9.79. The molecule has 0 heterocycles. The Morgan fingerprint density at radius 2 is 1.87 bits per heavy atom. The first-order valence-corrected chi connectivity index (χ1v) is 6.79. The Balaban J connectivity index is 3.06. The number of aryl methyl sites for hydroxylation is 1. The van der Waals surface area contributed by atoms with Crippen LogP contribution in [0.5, 0.6) is 0 Å². The van der Waals surface area contributed by atoms with E-state index in [1.807, 2.05) is 6.07 Å². The largest absolute Gasteiger partial charge is 0.386 e. The minimum Gasteiger partial charge on any atom is -0.386 e. The first-order valence-electron chi connectivity index (χ1n) is 4.40. The minimum atomic E-state index is -3.45. The van der Waals surface area contributed by atoms with Crippen molar-refractivity contribution >= 4 is 21.4 Å². The SMILES string of the molecule is Cc1ccccc1[C@@H](O)[C@@H](Cl)S(C)(=O)=O. The molecule has 2 atom stereocenters.